The average Bonchev–Trinajstić information content (AvgIpc) is 3.14. The number of rotatable bonds is 2. The van der Waals surface area contributed by atoms with Crippen LogP contribution in [0.1, 0.15) is 58.3 Å². The van der Waals surface area contributed by atoms with Gasteiger partial charge in [-0.15, -0.1) is 0 Å². The minimum Gasteiger partial charge on any atom is -0.0801 e. The molecule has 0 amide bonds. The van der Waals surface area contributed by atoms with Gasteiger partial charge in [-0.3, -0.25) is 0 Å². The first-order valence-corrected chi connectivity index (χ1v) is 7.91. The predicted molar refractivity (Wildman–Crippen MR) is 76.3 cm³/mol. The summed E-state index contributed by atoms with van der Waals surface area (Å²) in [5, 5.41) is 0. The van der Waals surface area contributed by atoms with Gasteiger partial charge in [0.25, 0.3) is 0 Å². The summed E-state index contributed by atoms with van der Waals surface area (Å²) in [5.41, 5.74) is 6.92. The Labute approximate surface area is 111 Å². The van der Waals surface area contributed by atoms with Crippen LogP contribution >= 0.6 is 0 Å². The van der Waals surface area contributed by atoms with Crippen LogP contribution in [0.4, 0.5) is 0 Å². The summed E-state index contributed by atoms with van der Waals surface area (Å²) in [4.78, 5) is 0. The fourth-order valence-electron chi connectivity index (χ4n) is 4.95. The second-order valence-corrected chi connectivity index (χ2v) is 6.94. The fourth-order valence-corrected chi connectivity index (χ4v) is 4.95. The van der Waals surface area contributed by atoms with Gasteiger partial charge in [0, 0.05) is 0 Å². The number of hydrogen-bond acceptors (Lipinski definition) is 0. The van der Waals surface area contributed by atoms with E-state index in [1.54, 1.807) is 22.3 Å². The highest BCUT2D eigenvalue weighted by Gasteiger charge is 2.36. The third-order valence-corrected chi connectivity index (χ3v) is 5.90. The zero-order chi connectivity index (χ0) is 12.1. The average molecular weight is 240 g/mol. The van der Waals surface area contributed by atoms with Crippen LogP contribution in [0.2, 0.25) is 0 Å². The standard InChI is InChI=1S/C18H24/c1-2-14(18-10-13-4-6-16(18)8-13)11-17-9-12-3-5-15(17)7-12/h2,11-13,15H,3-10H2,1H3. The summed E-state index contributed by atoms with van der Waals surface area (Å²) in [6.45, 7) is 2.24. The predicted octanol–water partition coefficient (Wildman–Crippen LogP) is 5.18. The van der Waals surface area contributed by atoms with E-state index in [0.717, 1.165) is 17.8 Å². The van der Waals surface area contributed by atoms with Gasteiger partial charge < -0.3 is 0 Å². The molecule has 0 nitrogen and oxygen atoms in total. The van der Waals surface area contributed by atoms with E-state index in [-0.39, 0.29) is 0 Å². The van der Waals surface area contributed by atoms with Gasteiger partial charge in [-0.1, -0.05) is 23.3 Å². The Morgan fingerprint density at radius 1 is 1.06 bits per heavy atom. The topological polar surface area (TPSA) is 0 Å². The van der Waals surface area contributed by atoms with E-state index in [2.05, 4.69) is 19.1 Å². The highest BCUT2D eigenvalue weighted by molar-refractivity contribution is 5.48. The zero-order valence-corrected chi connectivity index (χ0v) is 11.5. The molecular formula is C18H24. The van der Waals surface area contributed by atoms with Gasteiger partial charge in [0.1, 0.15) is 0 Å². The van der Waals surface area contributed by atoms with E-state index in [0.29, 0.717) is 0 Å². The number of hydrogen-bond donors (Lipinski definition) is 0. The Kier molecular flexibility index (Phi) is 2.53. The lowest BCUT2D eigenvalue weighted by Crippen LogP contribution is -2.01. The molecule has 0 N–H and O–H groups in total. The summed E-state index contributed by atoms with van der Waals surface area (Å²) in [6, 6.07) is 0. The molecule has 0 aromatic rings. The first-order valence-electron chi connectivity index (χ1n) is 7.91. The lowest BCUT2D eigenvalue weighted by atomic mass is 9.88. The first-order chi connectivity index (χ1) is 8.83. The third kappa shape index (κ3) is 1.65. The molecular weight excluding hydrogens is 216 g/mol. The monoisotopic (exact) mass is 240 g/mol. The molecule has 18 heavy (non-hydrogen) atoms. The molecule has 4 aliphatic rings. The van der Waals surface area contributed by atoms with Crippen molar-refractivity contribution in [2.45, 2.75) is 58.3 Å². The van der Waals surface area contributed by atoms with Gasteiger partial charge in [-0.2, -0.15) is 0 Å². The van der Waals surface area contributed by atoms with E-state index in [4.69, 9.17) is 0 Å². The highest BCUT2D eigenvalue weighted by Crippen LogP contribution is 2.50. The van der Waals surface area contributed by atoms with E-state index >= 15 is 0 Å². The maximum Gasteiger partial charge on any atom is -0.0197 e. The van der Waals surface area contributed by atoms with Crippen LogP contribution in [0.25, 0.3) is 0 Å². The van der Waals surface area contributed by atoms with E-state index < -0.39 is 0 Å². The Hall–Kier alpha value is -0.780. The van der Waals surface area contributed by atoms with Crippen molar-refractivity contribution in [1.82, 2.24) is 0 Å². The van der Waals surface area contributed by atoms with Gasteiger partial charge in [0.15, 0.2) is 0 Å². The number of fused-ring (bicyclic) bond motifs is 4. The Morgan fingerprint density at radius 2 is 2.00 bits per heavy atom. The van der Waals surface area contributed by atoms with Gasteiger partial charge in [-0.05, 0) is 87.2 Å². The molecule has 3 unspecified atom stereocenters. The maximum absolute atomic E-state index is 2.59. The fraction of sp³-hybridized carbons (Fsp3) is 0.667. The van der Waals surface area contributed by atoms with Crippen molar-refractivity contribution < 1.29 is 0 Å². The molecule has 0 aromatic carbocycles. The summed E-state index contributed by atoms with van der Waals surface area (Å²) in [7, 11) is 0. The van der Waals surface area contributed by atoms with Gasteiger partial charge in [0.05, 0.1) is 0 Å². The molecule has 4 aliphatic carbocycles. The molecule has 0 heterocycles. The second-order valence-electron chi connectivity index (χ2n) is 6.94. The van der Waals surface area contributed by atoms with E-state index in [1.807, 2.05) is 0 Å². The maximum atomic E-state index is 2.59. The molecule has 0 saturated heterocycles. The minimum atomic E-state index is 0.953. The van der Waals surface area contributed by atoms with Crippen molar-refractivity contribution in [1.29, 1.82) is 0 Å². The summed E-state index contributed by atoms with van der Waals surface area (Å²) in [5.74, 6) is 2.99. The smallest absolute Gasteiger partial charge is 0.0197 e. The summed E-state index contributed by atoms with van der Waals surface area (Å²) < 4.78 is 0. The molecule has 3 atom stereocenters. The zero-order valence-electron chi connectivity index (χ0n) is 11.5. The molecule has 96 valence electrons. The van der Waals surface area contributed by atoms with Crippen LogP contribution in [0, 0.1) is 17.8 Å². The molecule has 0 aromatic heterocycles. The SMILES string of the molecule is CC=C(C=C1CC2CCC1C2)C1=C2CCC(C2)C1. The van der Waals surface area contributed by atoms with Crippen LogP contribution < -0.4 is 0 Å². The van der Waals surface area contributed by atoms with E-state index in [9.17, 15) is 0 Å². The van der Waals surface area contributed by atoms with Crippen LogP contribution in [-0.4, -0.2) is 0 Å². The Bertz CT molecular complexity index is 460. The molecule has 4 bridgehead atoms. The molecule has 4 rings (SSSR count). The highest BCUT2D eigenvalue weighted by atomic mass is 14.4. The normalized spacial score (nSPS) is 40.6. The van der Waals surface area contributed by atoms with Crippen molar-refractivity contribution in [2.24, 2.45) is 17.8 Å². The van der Waals surface area contributed by atoms with Crippen molar-refractivity contribution in [3.8, 4) is 0 Å². The van der Waals surface area contributed by atoms with Crippen molar-refractivity contribution >= 4 is 0 Å². The van der Waals surface area contributed by atoms with Crippen LogP contribution in [0.5, 0.6) is 0 Å². The summed E-state index contributed by atoms with van der Waals surface area (Å²) in [6.07, 6.45) is 16.5. The Balaban J connectivity index is 1.62. The molecule has 0 radical (unpaired) electrons. The van der Waals surface area contributed by atoms with Crippen LogP contribution in [0.3, 0.4) is 0 Å². The Morgan fingerprint density at radius 3 is 2.56 bits per heavy atom. The molecule has 3 fully saturated rings. The van der Waals surface area contributed by atoms with Crippen molar-refractivity contribution in [3.63, 3.8) is 0 Å². The minimum absolute atomic E-state index is 0.953. The molecule has 0 spiro atoms. The second kappa shape index (κ2) is 4.11. The first kappa shape index (κ1) is 11.1. The number of allylic oxidation sites excluding steroid dienone is 6. The van der Waals surface area contributed by atoms with Gasteiger partial charge in [0.2, 0.25) is 0 Å². The lowest BCUT2D eigenvalue weighted by Gasteiger charge is -2.17. The third-order valence-electron chi connectivity index (χ3n) is 5.90. The van der Waals surface area contributed by atoms with Crippen LogP contribution in [-0.2, 0) is 0 Å². The largest absolute Gasteiger partial charge is 0.0801 e. The lowest BCUT2D eigenvalue weighted by molar-refractivity contribution is 0.559. The molecule has 0 heteroatoms. The summed E-state index contributed by atoms with van der Waals surface area (Å²) >= 11 is 0. The van der Waals surface area contributed by atoms with Crippen LogP contribution in [0.15, 0.2) is 34.4 Å². The van der Waals surface area contributed by atoms with Crippen molar-refractivity contribution in [3.05, 3.63) is 34.4 Å². The molecule has 0 aliphatic heterocycles. The van der Waals surface area contributed by atoms with Gasteiger partial charge >= 0.3 is 0 Å². The van der Waals surface area contributed by atoms with Crippen molar-refractivity contribution in [2.75, 3.05) is 0 Å². The quantitative estimate of drug-likeness (QED) is 0.624. The van der Waals surface area contributed by atoms with E-state index in [1.165, 1.54) is 51.4 Å². The van der Waals surface area contributed by atoms with Gasteiger partial charge in [-0.25, -0.2) is 0 Å². The molecule has 3 saturated carbocycles.